The lowest BCUT2D eigenvalue weighted by Gasteiger charge is -2.18. The van der Waals surface area contributed by atoms with E-state index in [4.69, 9.17) is 4.74 Å². The highest BCUT2D eigenvalue weighted by molar-refractivity contribution is 5.80. The van der Waals surface area contributed by atoms with E-state index in [0.717, 1.165) is 5.56 Å². The minimum Gasteiger partial charge on any atom is -0.478 e. The van der Waals surface area contributed by atoms with Crippen molar-refractivity contribution in [1.29, 1.82) is 0 Å². The van der Waals surface area contributed by atoms with Crippen LogP contribution in [0, 0.1) is 12.7 Å². The lowest BCUT2D eigenvalue weighted by Crippen LogP contribution is -2.35. The first-order valence-electron chi connectivity index (χ1n) is 5.06. The Morgan fingerprint density at radius 2 is 2.06 bits per heavy atom. The fraction of sp³-hybridized carbons (Fsp3) is 0.417. The van der Waals surface area contributed by atoms with E-state index in [0.29, 0.717) is 0 Å². The predicted octanol–water partition coefficient (Wildman–Crippen LogP) is 1.99. The van der Waals surface area contributed by atoms with E-state index in [1.54, 1.807) is 33.2 Å². The van der Waals surface area contributed by atoms with Crippen molar-refractivity contribution < 1.29 is 13.9 Å². The molecule has 1 rings (SSSR count). The number of nitrogens with zero attached hydrogens (tertiary/aromatic N) is 1. The molecule has 0 saturated carbocycles. The van der Waals surface area contributed by atoms with Gasteiger partial charge in [-0.1, -0.05) is 6.07 Å². The lowest BCUT2D eigenvalue weighted by molar-refractivity contribution is -0.135. The van der Waals surface area contributed by atoms with Gasteiger partial charge in [-0.05, 0) is 31.5 Å². The van der Waals surface area contributed by atoms with Crippen molar-refractivity contribution in [2.75, 3.05) is 14.1 Å². The van der Waals surface area contributed by atoms with Gasteiger partial charge < -0.3 is 9.64 Å². The molecule has 0 aromatic heterocycles. The van der Waals surface area contributed by atoms with Gasteiger partial charge >= 0.3 is 0 Å². The normalized spacial score (nSPS) is 12.1. The van der Waals surface area contributed by atoms with Crippen molar-refractivity contribution in [3.8, 4) is 5.75 Å². The Morgan fingerprint density at radius 3 is 2.62 bits per heavy atom. The molecule has 0 bridgehead atoms. The van der Waals surface area contributed by atoms with Crippen LogP contribution in [0.3, 0.4) is 0 Å². The second kappa shape index (κ2) is 4.96. The Labute approximate surface area is 94.8 Å². The second-order valence-corrected chi connectivity index (χ2v) is 3.93. The van der Waals surface area contributed by atoms with Crippen LogP contribution >= 0.6 is 0 Å². The number of hydrogen-bond acceptors (Lipinski definition) is 2. The van der Waals surface area contributed by atoms with Gasteiger partial charge in [0.15, 0.2) is 17.7 Å². The van der Waals surface area contributed by atoms with Gasteiger partial charge in [0, 0.05) is 14.1 Å². The zero-order valence-corrected chi connectivity index (χ0v) is 9.95. The van der Waals surface area contributed by atoms with E-state index in [9.17, 15) is 9.18 Å². The molecule has 1 amide bonds. The van der Waals surface area contributed by atoms with E-state index >= 15 is 0 Å². The first kappa shape index (κ1) is 12.5. The fourth-order valence-corrected chi connectivity index (χ4v) is 1.31. The number of carbonyl (C=O) groups excluding carboxylic acids is 1. The molecule has 1 atom stereocenters. The largest absolute Gasteiger partial charge is 0.478 e. The van der Waals surface area contributed by atoms with Gasteiger partial charge in [0.05, 0.1) is 0 Å². The molecule has 0 heterocycles. The summed E-state index contributed by atoms with van der Waals surface area (Å²) in [6, 6.07) is 4.56. The Bertz CT molecular complexity index is 391. The average Bonchev–Trinajstić information content (AvgIpc) is 2.22. The molecule has 3 nitrogen and oxygen atoms in total. The van der Waals surface area contributed by atoms with Crippen LogP contribution in [0.2, 0.25) is 0 Å². The molecule has 0 saturated heterocycles. The van der Waals surface area contributed by atoms with Gasteiger partial charge in [-0.25, -0.2) is 4.39 Å². The highest BCUT2D eigenvalue weighted by Gasteiger charge is 2.18. The molecule has 16 heavy (non-hydrogen) atoms. The Morgan fingerprint density at radius 1 is 1.44 bits per heavy atom. The van der Waals surface area contributed by atoms with Crippen LogP contribution in [-0.2, 0) is 4.79 Å². The first-order chi connectivity index (χ1) is 7.41. The zero-order chi connectivity index (χ0) is 12.3. The maximum atomic E-state index is 13.3. The van der Waals surface area contributed by atoms with E-state index < -0.39 is 11.9 Å². The minimum absolute atomic E-state index is 0.114. The van der Waals surface area contributed by atoms with E-state index in [1.807, 2.05) is 6.92 Å². The van der Waals surface area contributed by atoms with E-state index in [1.165, 1.54) is 11.0 Å². The van der Waals surface area contributed by atoms with Crippen LogP contribution in [0.15, 0.2) is 18.2 Å². The highest BCUT2D eigenvalue weighted by atomic mass is 19.1. The van der Waals surface area contributed by atoms with Crippen molar-refractivity contribution in [2.45, 2.75) is 20.0 Å². The maximum Gasteiger partial charge on any atom is 0.262 e. The number of halogens is 1. The molecule has 0 spiro atoms. The Kier molecular flexibility index (Phi) is 3.88. The summed E-state index contributed by atoms with van der Waals surface area (Å²) in [5, 5.41) is 0. The molecule has 88 valence electrons. The molecule has 0 aliphatic heterocycles. The SMILES string of the molecule is Cc1ccc(F)c(OC(C)C(=O)N(C)C)c1. The Hall–Kier alpha value is -1.58. The summed E-state index contributed by atoms with van der Waals surface area (Å²) >= 11 is 0. The van der Waals surface area contributed by atoms with Crippen molar-refractivity contribution >= 4 is 5.91 Å². The van der Waals surface area contributed by atoms with Gasteiger partial charge in [-0.2, -0.15) is 0 Å². The van der Waals surface area contributed by atoms with Crippen molar-refractivity contribution in [3.63, 3.8) is 0 Å². The van der Waals surface area contributed by atoms with E-state index in [-0.39, 0.29) is 11.7 Å². The number of amides is 1. The number of likely N-dealkylation sites (N-methyl/N-ethyl adjacent to an activating group) is 1. The van der Waals surface area contributed by atoms with Crippen LogP contribution in [-0.4, -0.2) is 31.0 Å². The molecule has 0 aliphatic carbocycles. The van der Waals surface area contributed by atoms with Crippen molar-refractivity contribution in [2.24, 2.45) is 0 Å². The number of benzene rings is 1. The summed E-state index contributed by atoms with van der Waals surface area (Å²) in [7, 11) is 3.27. The topological polar surface area (TPSA) is 29.5 Å². The van der Waals surface area contributed by atoms with Crippen LogP contribution < -0.4 is 4.74 Å². The number of carbonyl (C=O) groups is 1. The van der Waals surface area contributed by atoms with Gasteiger partial charge in [0.25, 0.3) is 5.91 Å². The standard InChI is InChI=1S/C12H16FNO2/c1-8-5-6-10(13)11(7-8)16-9(2)12(15)14(3)4/h5-7,9H,1-4H3. The molecular weight excluding hydrogens is 209 g/mol. The van der Waals surface area contributed by atoms with Gasteiger partial charge in [0.1, 0.15) is 0 Å². The summed E-state index contributed by atoms with van der Waals surface area (Å²) in [5.41, 5.74) is 0.890. The molecule has 0 fully saturated rings. The van der Waals surface area contributed by atoms with Crippen LogP contribution in [0.25, 0.3) is 0 Å². The van der Waals surface area contributed by atoms with Gasteiger partial charge in [0.2, 0.25) is 0 Å². The molecule has 1 unspecified atom stereocenters. The third-order valence-electron chi connectivity index (χ3n) is 2.18. The zero-order valence-electron chi connectivity index (χ0n) is 9.95. The Balaban J connectivity index is 2.80. The fourth-order valence-electron chi connectivity index (χ4n) is 1.31. The van der Waals surface area contributed by atoms with Crippen molar-refractivity contribution in [1.82, 2.24) is 4.90 Å². The smallest absolute Gasteiger partial charge is 0.262 e. The van der Waals surface area contributed by atoms with Crippen LogP contribution in [0.1, 0.15) is 12.5 Å². The molecular formula is C12H16FNO2. The summed E-state index contributed by atoms with van der Waals surface area (Å²) in [5.74, 6) is -0.535. The summed E-state index contributed by atoms with van der Waals surface area (Å²) in [6.07, 6.45) is -0.689. The second-order valence-electron chi connectivity index (χ2n) is 3.93. The van der Waals surface area contributed by atoms with Crippen LogP contribution in [0.4, 0.5) is 4.39 Å². The first-order valence-corrected chi connectivity index (χ1v) is 5.06. The van der Waals surface area contributed by atoms with Crippen LogP contribution in [0.5, 0.6) is 5.75 Å². The number of rotatable bonds is 3. The minimum atomic E-state index is -0.689. The van der Waals surface area contributed by atoms with Crippen molar-refractivity contribution in [3.05, 3.63) is 29.6 Å². The predicted molar refractivity (Wildman–Crippen MR) is 59.9 cm³/mol. The third kappa shape index (κ3) is 2.95. The number of ether oxygens (including phenoxy) is 1. The molecule has 1 aromatic rings. The van der Waals surface area contributed by atoms with Gasteiger partial charge in [-0.15, -0.1) is 0 Å². The monoisotopic (exact) mass is 225 g/mol. The highest BCUT2D eigenvalue weighted by Crippen LogP contribution is 2.19. The molecule has 0 N–H and O–H groups in total. The summed E-state index contributed by atoms with van der Waals surface area (Å²) in [6.45, 7) is 3.44. The lowest BCUT2D eigenvalue weighted by atomic mass is 10.2. The molecule has 0 radical (unpaired) electrons. The number of aryl methyl sites for hydroxylation is 1. The van der Waals surface area contributed by atoms with E-state index in [2.05, 4.69) is 0 Å². The summed E-state index contributed by atoms with van der Waals surface area (Å²) in [4.78, 5) is 12.9. The average molecular weight is 225 g/mol. The molecule has 1 aromatic carbocycles. The quantitative estimate of drug-likeness (QED) is 0.787. The third-order valence-corrected chi connectivity index (χ3v) is 2.18. The molecule has 0 aliphatic rings. The number of hydrogen-bond donors (Lipinski definition) is 0. The molecule has 4 heteroatoms. The van der Waals surface area contributed by atoms with Gasteiger partial charge in [-0.3, -0.25) is 4.79 Å². The summed E-state index contributed by atoms with van der Waals surface area (Å²) < 4.78 is 18.6. The maximum absolute atomic E-state index is 13.3.